The molecule has 8 heteroatoms. The summed E-state index contributed by atoms with van der Waals surface area (Å²) in [6.07, 6.45) is 2.40. The van der Waals surface area contributed by atoms with Crippen LogP contribution in [0.4, 0.5) is 13.2 Å². The number of allylic oxidation sites excluding steroid dienone is 1. The number of aromatic amines is 1. The molecule has 1 atom stereocenters. The highest BCUT2D eigenvalue weighted by atomic mass is 19.4. The Bertz CT molecular complexity index is 867. The van der Waals surface area contributed by atoms with Gasteiger partial charge in [0.25, 0.3) is 0 Å². The van der Waals surface area contributed by atoms with Crippen molar-refractivity contribution in [3.05, 3.63) is 41.2 Å². The Morgan fingerprint density at radius 1 is 1.36 bits per heavy atom. The second-order valence-corrected chi connectivity index (χ2v) is 7.95. The van der Waals surface area contributed by atoms with Gasteiger partial charge in [-0.2, -0.15) is 18.3 Å². The molecule has 0 aliphatic heterocycles. The van der Waals surface area contributed by atoms with Gasteiger partial charge in [0.05, 0.1) is 34.7 Å². The molecule has 5 nitrogen and oxygen atoms in total. The molecule has 2 aromatic heterocycles. The molecule has 0 aromatic carbocycles. The molecule has 2 aliphatic rings. The van der Waals surface area contributed by atoms with Crippen LogP contribution in [0.25, 0.3) is 5.70 Å². The number of halogens is 3. The number of hydrogen-bond donors (Lipinski definition) is 2. The van der Waals surface area contributed by atoms with Crippen LogP contribution in [0.1, 0.15) is 68.7 Å². The van der Waals surface area contributed by atoms with Gasteiger partial charge in [0.15, 0.2) is 0 Å². The lowest BCUT2D eigenvalue weighted by atomic mass is 9.95. The summed E-state index contributed by atoms with van der Waals surface area (Å²) >= 11 is 0. The van der Waals surface area contributed by atoms with Crippen molar-refractivity contribution in [2.24, 2.45) is 5.41 Å². The van der Waals surface area contributed by atoms with Crippen molar-refractivity contribution in [2.45, 2.75) is 71.1 Å². The Morgan fingerprint density at radius 3 is 2.64 bits per heavy atom. The van der Waals surface area contributed by atoms with Crippen LogP contribution in [0.5, 0.6) is 0 Å². The van der Waals surface area contributed by atoms with Crippen molar-refractivity contribution in [3.8, 4) is 0 Å². The van der Waals surface area contributed by atoms with Gasteiger partial charge in [0.2, 0.25) is 0 Å². The predicted molar refractivity (Wildman–Crippen MR) is 100 cm³/mol. The van der Waals surface area contributed by atoms with E-state index >= 15 is 0 Å². The largest absolute Gasteiger partial charge is 0.394 e. The fourth-order valence-corrected chi connectivity index (χ4v) is 3.81. The fourth-order valence-electron chi connectivity index (χ4n) is 3.81. The van der Waals surface area contributed by atoms with Gasteiger partial charge in [-0.3, -0.25) is 4.68 Å². The normalized spacial score (nSPS) is 18.8. The molecular formula is C20H26F3N5. The fraction of sp³-hybridized carbons (Fsp3) is 0.600. The van der Waals surface area contributed by atoms with Gasteiger partial charge in [-0.25, -0.2) is 4.98 Å². The standard InChI is InChI=1S/C20H26F3N5/c1-3-28-17(7-11-25-28)18(14-4-5-14)27-15(16-12-24-13(2)26-16)6-8-19(9-10-19)20(21,22)23/h7,11-12,15,27H,3-6,8-10H2,1-2H3,(H,24,26). The molecule has 4 rings (SSSR count). The minimum absolute atomic E-state index is 0.127. The van der Waals surface area contributed by atoms with Gasteiger partial charge in [0.1, 0.15) is 5.82 Å². The van der Waals surface area contributed by atoms with Gasteiger partial charge >= 0.3 is 6.18 Å². The van der Waals surface area contributed by atoms with E-state index in [2.05, 4.69) is 20.4 Å². The third-order valence-electron chi connectivity index (χ3n) is 5.91. The summed E-state index contributed by atoms with van der Waals surface area (Å²) in [5, 5.41) is 7.91. The Hall–Kier alpha value is -2.25. The third kappa shape index (κ3) is 3.69. The quantitative estimate of drug-likeness (QED) is 0.671. The molecule has 0 saturated heterocycles. The molecule has 2 aliphatic carbocycles. The van der Waals surface area contributed by atoms with Crippen molar-refractivity contribution in [1.82, 2.24) is 25.1 Å². The van der Waals surface area contributed by atoms with Crippen LogP contribution in [-0.2, 0) is 6.54 Å². The lowest BCUT2D eigenvalue weighted by molar-refractivity contribution is -0.189. The van der Waals surface area contributed by atoms with Crippen LogP contribution in [0.2, 0.25) is 0 Å². The topological polar surface area (TPSA) is 58.5 Å². The molecule has 0 amide bonds. The number of nitrogens with zero attached hydrogens (tertiary/aromatic N) is 3. The smallest absolute Gasteiger partial charge is 0.375 e. The van der Waals surface area contributed by atoms with E-state index in [1.807, 2.05) is 24.6 Å². The van der Waals surface area contributed by atoms with Gasteiger partial charge in [-0.15, -0.1) is 0 Å². The first-order chi connectivity index (χ1) is 13.3. The van der Waals surface area contributed by atoms with Crippen LogP contribution in [0.15, 0.2) is 24.0 Å². The average Bonchev–Trinajstić information content (AvgIpc) is 3.55. The molecule has 2 N–H and O–H groups in total. The SMILES string of the molecule is CCn1nccc1C(NC(CCC1(C(F)(F)F)CC1)c1cnc(C)[nH]1)=C1CC1. The monoisotopic (exact) mass is 393 g/mol. The highest BCUT2D eigenvalue weighted by molar-refractivity contribution is 5.68. The first kappa shape index (κ1) is 19.1. The van der Waals surface area contributed by atoms with Gasteiger partial charge in [-0.1, -0.05) is 0 Å². The van der Waals surface area contributed by atoms with Crippen molar-refractivity contribution < 1.29 is 13.2 Å². The van der Waals surface area contributed by atoms with Gasteiger partial charge in [-0.05, 0) is 64.0 Å². The van der Waals surface area contributed by atoms with E-state index in [9.17, 15) is 13.2 Å². The van der Waals surface area contributed by atoms with Crippen LogP contribution in [-0.4, -0.2) is 25.9 Å². The van der Waals surface area contributed by atoms with Crippen LogP contribution >= 0.6 is 0 Å². The third-order valence-corrected chi connectivity index (χ3v) is 5.91. The summed E-state index contributed by atoms with van der Waals surface area (Å²) in [5.41, 5.74) is 2.63. The van der Waals surface area contributed by atoms with Crippen LogP contribution in [0, 0.1) is 12.3 Å². The summed E-state index contributed by atoms with van der Waals surface area (Å²) in [6.45, 7) is 4.62. The second-order valence-electron chi connectivity index (χ2n) is 7.95. The first-order valence-electron chi connectivity index (χ1n) is 9.92. The van der Waals surface area contributed by atoms with E-state index in [1.54, 1.807) is 12.4 Å². The molecular weight excluding hydrogens is 367 g/mol. The Kier molecular flexibility index (Phi) is 4.75. The molecule has 2 aromatic rings. The first-order valence-corrected chi connectivity index (χ1v) is 9.92. The Labute approximate surface area is 162 Å². The molecule has 0 radical (unpaired) electrons. The maximum absolute atomic E-state index is 13.4. The second kappa shape index (κ2) is 6.97. The number of alkyl halides is 3. The van der Waals surface area contributed by atoms with E-state index in [0.717, 1.165) is 42.3 Å². The lowest BCUT2D eigenvalue weighted by Gasteiger charge is -2.25. The van der Waals surface area contributed by atoms with E-state index in [0.29, 0.717) is 6.42 Å². The highest BCUT2D eigenvalue weighted by Crippen LogP contribution is 2.61. The van der Waals surface area contributed by atoms with Crippen LogP contribution < -0.4 is 5.32 Å². The molecule has 2 saturated carbocycles. The van der Waals surface area contributed by atoms with E-state index in [-0.39, 0.29) is 25.3 Å². The number of hydrogen-bond acceptors (Lipinski definition) is 3. The number of imidazole rings is 1. The number of rotatable bonds is 8. The van der Waals surface area contributed by atoms with Crippen molar-refractivity contribution in [3.63, 3.8) is 0 Å². The number of nitrogens with one attached hydrogen (secondary N) is 2. The molecule has 152 valence electrons. The van der Waals surface area contributed by atoms with E-state index < -0.39 is 11.6 Å². The highest BCUT2D eigenvalue weighted by Gasteiger charge is 2.62. The zero-order valence-electron chi connectivity index (χ0n) is 16.2. The Balaban J connectivity index is 1.58. The summed E-state index contributed by atoms with van der Waals surface area (Å²) in [7, 11) is 0. The van der Waals surface area contributed by atoms with Gasteiger partial charge in [0, 0.05) is 12.7 Å². The maximum atomic E-state index is 13.4. The summed E-state index contributed by atoms with van der Waals surface area (Å²) in [6, 6.07) is 1.72. The summed E-state index contributed by atoms with van der Waals surface area (Å²) in [5.74, 6) is 0.762. The van der Waals surface area contributed by atoms with Gasteiger partial charge < -0.3 is 10.3 Å². The predicted octanol–water partition coefficient (Wildman–Crippen LogP) is 4.89. The van der Waals surface area contributed by atoms with Crippen molar-refractivity contribution in [1.29, 1.82) is 0 Å². The summed E-state index contributed by atoms with van der Waals surface area (Å²) in [4.78, 5) is 7.47. The van der Waals surface area contributed by atoms with Crippen LogP contribution in [0.3, 0.4) is 0 Å². The zero-order valence-corrected chi connectivity index (χ0v) is 16.2. The summed E-state index contributed by atoms with van der Waals surface area (Å²) < 4.78 is 42.2. The zero-order chi connectivity index (χ0) is 19.9. The molecule has 0 bridgehead atoms. The number of H-pyrrole nitrogens is 1. The molecule has 28 heavy (non-hydrogen) atoms. The molecule has 1 unspecified atom stereocenters. The number of aromatic nitrogens is 4. The van der Waals surface area contributed by atoms with Crippen molar-refractivity contribution >= 4 is 5.70 Å². The molecule has 0 spiro atoms. The number of aryl methyl sites for hydroxylation is 2. The minimum Gasteiger partial charge on any atom is -0.375 e. The lowest BCUT2D eigenvalue weighted by Crippen LogP contribution is -2.28. The molecule has 2 fully saturated rings. The molecule has 2 heterocycles. The average molecular weight is 393 g/mol. The maximum Gasteiger partial charge on any atom is 0.394 e. The van der Waals surface area contributed by atoms with E-state index in [1.165, 1.54) is 5.57 Å². The minimum atomic E-state index is -4.12. The Morgan fingerprint density at radius 2 is 2.11 bits per heavy atom. The van der Waals surface area contributed by atoms with E-state index in [4.69, 9.17) is 0 Å². The van der Waals surface area contributed by atoms with Crippen molar-refractivity contribution in [2.75, 3.05) is 0 Å².